The number of aromatic nitrogens is 3. The lowest BCUT2D eigenvalue weighted by molar-refractivity contribution is 0.0927. The molecule has 1 aliphatic rings. The summed E-state index contributed by atoms with van der Waals surface area (Å²) in [5.41, 5.74) is 1.78. The largest absolute Gasteiger partial charge is 0.478 e. The third-order valence-electron chi connectivity index (χ3n) is 4.51. The van der Waals surface area contributed by atoms with E-state index in [0.29, 0.717) is 24.7 Å². The molecule has 0 aromatic carbocycles. The number of ether oxygens (including phenoxy) is 1. The van der Waals surface area contributed by atoms with Gasteiger partial charge in [0, 0.05) is 50.7 Å². The minimum Gasteiger partial charge on any atom is -0.478 e. The van der Waals surface area contributed by atoms with E-state index in [1.807, 2.05) is 19.2 Å². The quantitative estimate of drug-likeness (QED) is 0.783. The Balaban J connectivity index is 1.48. The predicted octanol–water partition coefficient (Wildman–Crippen LogP) is 2.09. The van der Waals surface area contributed by atoms with Gasteiger partial charge in [0.1, 0.15) is 5.69 Å². The molecule has 1 saturated heterocycles. The zero-order valence-corrected chi connectivity index (χ0v) is 15.5. The minimum atomic E-state index is -0.0460. The van der Waals surface area contributed by atoms with E-state index >= 15 is 0 Å². The van der Waals surface area contributed by atoms with Crippen LogP contribution in [0, 0.1) is 0 Å². The van der Waals surface area contributed by atoms with Gasteiger partial charge in [-0.3, -0.25) is 14.4 Å². The molecule has 0 unspecified atom stereocenters. The van der Waals surface area contributed by atoms with Gasteiger partial charge in [0.05, 0.1) is 6.61 Å². The van der Waals surface area contributed by atoms with Gasteiger partial charge in [0.15, 0.2) is 0 Å². The molecular weight excluding hydrogens is 330 g/mol. The van der Waals surface area contributed by atoms with E-state index < -0.39 is 0 Å². The summed E-state index contributed by atoms with van der Waals surface area (Å²) in [5, 5.41) is 7.28. The number of nitrogens with zero attached hydrogens (tertiary/aromatic N) is 4. The fourth-order valence-corrected chi connectivity index (χ4v) is 3.19. The fourth-order valence-electron chi connectivity index (χ4n) is 3.19. The van der Waals surface area contributed by atoms with Crippen LogP contribution in [0.25, 0.3) is 0 Å². The Kier molecular flexibility index (Phi) is 6.22. The zero-order chi connectivity index (χ0) is 18.4. The Hall–Kier alpha value is -2.41. The van der Waals surface area contributed by atoms with Crippen molar-refractivity contribution in [2.75, 3.05) is 19.7 Å². The molecule has 1 atom stereocenters. The maximum Gasteiger partial charge on any atom is 0.269 e. The van der Waals surface area contributed by atoms with Crippen molar-refractivity contribution in [3.8, 4) is 5.88 Å². The lowest BCUT2D eigenvalue weighted by Gasteiger charge is -2.17. The molecule has 2 aromatic heterocycles. The van der Waals surface area contributed by atoms with Crippen LogP contribution < -0.4 is 10.1 Å². The predicted molar refractivity (Wildman–Crippen MR) is 99.1 cm³/mol. The summed E-state index contributed by atoms with van der Waals surface area (Å²) in [6.07, 6.45) is 5.47. The minimum absolute atomic E-state index is 0.0460. The maximum atomic E-state index is 12.4. The molecule has 7 nitrogen and oxygen atoms in total. The number of pyridine rings is 1. The van der Waals surface area contributed by atoms with Crippen LogP contribution >= 0.6 is 0 Å². The van der Waals surface area contributed by atoms with Crippen molar-refractivity contribution in [3.05, 3.63) is 41.9 Å². The first kappa shape index (κ1) is 18.4. The molecule has 7 heteroatoms. The van der Waals surface area contributed by atoms with Crippen molar-refractivity contribution in [1.82, 2.24) is 25.0 Å². The molecule has 2 aromatic rings. The Morgan fingerprint density at radius 3 is 2.96 bits per heavy atom. The number of aryl methyl sites for hydroxylation is 1. The van der Waals surface area contributed by atoms with Crippen LogP contribution in [-0.4, -0.2) is 51.3 Å². The molecule has 0 saturated carbocycles. The highest BCUT2D eigenvalue weighted by Crippen LogP contribution is 2.15. The Morgan fingerprint density at radius 1 is 1.35 bits per heavy atom. The molecule has 3 heterocycles. The van der Waals surface area contributed by atoms with Crippen LogP contribution in [0.15, 0.2) is 30.6 Å². The molecule has 1 amide bonds. The summed E-state index contributed by atoms with van der Waals surface area (Å²) in [6.45, 7) is 8.08. The Bertz CT molecular complexity index is 713. The summed E-state index contributed by atoms with van der Waals surface area (Å²) in [7, 11) is 0. The number of carbonyl (C=O) groups is 1. The molecule has 3 rings (SSSR count). The molecule has 0 radical (unpaired) electrons. The van der Waals surface area contributed by atoms with E-state index in [9.17, 15) is 4.79 Å². The van der Waals surface area contributed by atoms with E-state index in [1.165, 1.54) is 0 Å². The molecule has 1 N–H and O–H groups in total. The van der Waals surface area contributed by atoms with Crippen molar-refractivity contribution in [1.29, 1.82) is 0 Å². The zero-order valence-electron chi connectivity index (χ0n) is 15.5. The molecular formula is C19H27N5O2. The fraction of sp³-hybridized carbons (Fsp3) is 0.526. The maximum absolute atomic E-state index is 12.4. The van der Waals surface area contributed by atoms with Crippen LogP contribution in [0.1, 0.15) is 42.7 Å². The van der Waals surface area contributed by atoms with Crippen LogP contribution in [0.4, 0.5) is 0 Å². The number of carbonyl (C=O) groups excluding carboxylic acids is 1. The highest BCUT2D eigenvalue weighted by molar-refractivity contribution is 5.92. The Morgan fingerprint density at radius 2 is 2.23 bits per heavy atom. The van der Waals surface area contributed by atoms with Crippen molar-refractivity contribution in [2.24, 2.45) is 0 Å². The summed E-state index contributed by atoms with van der Waals surface area (Å²) in [6, 6.07) is 5.91. The van der Waals surface area contributed by atoms with E-state index in [4.69, 9.17) is 4.74 Å². The summed E-state index contributed by atoms with van der Waals surface area (Å²) < 4.78 is 7.23. The summed E-state index contributed by atoms with van der Waals surface area (Å²) in [4.78, 5) is 19.1. The van der Waals surface area contributed by atoms with E-state index in [0.717, 1.165) is 38.0 Å². The molecule has 0 bridgehead atoms. The van der Waals surface area contributed by atoms with Gasteiger partial charge in [-0.2, -0.15) is 5.10 Å². The second-order valence-electron chi connectivity index (χ2n) is 6.58. The summed E-state index contributed by atoms with van der Waals surface area (Å²) in [5.74, 6) is 0.630. The Labute approximate surface area is 154 Å². The van der Waals surface area contributed by atoms with Crippen molar-refractivity contribution in [3.63, 3.8) is 0 Å². The van der Waals surface area contributed by atoms with Crippen molar-refractivity contribution in [2.45, 2.75) is 45.8 Å². The first-order chi connectivity index (χ1) is 12.7. The van der Waals surface area contributed by atoms with Crippen LogP contribution in [0.3, 0.4) is 0 Å². The SMILES string of the molecule is CCCOc1ccc(CN2CC[C@@H](NC(=O)c3ccnn3CC)C2)cn1. The van der Waals surface area contributed by atoms with Crippen LogP contribution in [0.5, 0.6) is 5.88 Å². The molecule has 0 spiro atoms. The number of nitrogens with one attached hydrogen (secondary N) is 1. The smallest absolute Gasteiger partial charge is 0.269 e. The second-order valence-corrected chi connectivity index (χ2v) is 6.58. The normalized spacial score (nSPS) is 17.4. The highest BCUT2D eigenvalue weighted by Gasteiger charge is 2.25. The van der Waals surface area contributed by atoms with Gasteiger partial charge < -0.3 is 10.1 Å². The lowest BCUT2D eigenvalue weighted by atomic mass is 10.2. The van der Waals surface area contributed by atoms with E-state index in [2.05, 4.69) is 33.3 Å². The van der Waals surface area contributed by atoms with Crippen molar-refractivity contribution < 1.29 is 9.53 Å². The topological polar surface area (TPSA) is 72.3 Å². The van der Waals surface area contributed by atoms with Gasteiger partial charge in [0.25, 0.3) is 5.91 Å². The standard InChI is InChI=1S/C19H27N5O2/c1-3-11-26-18-6-5-15(12-20-18)13-23-10-8-16(14-23)22-19(25)17-7-9-21-24(17)4-2/h5-7,9,12,16H,3-4,8,10-11,13-14H2,1-2H3,(H,22,25)/t16-/m1/s1. The monoisotopic (exact) mass is 357 g/mol. The van der Waals surface area contributed by atoms with E-state index in [1.54, 1.807) is 16.9 Å². The first-order valence-electron chi connectivity index (χ1n) is 9.32. The third kappa shape index (κ3) is 4.60. The first-order valence-corrected chi connectivity index (χ1v) is 9.32. The average Bonchev–Trinajstić information content (AvgIpc) is 3.30. The summed E-state index contributed by atoms with van der Waals surface area (Å²) >= 11 is 0. The van der Waals surface area contributed by atoms with Gasteiger partial charge in [-0.05, 0) is 31.4 Å². The lowest BCUT2D eigenvalue weighted by Crippen LogP contribution is -2.38. The molecule has 0 aliphatic carbocycles. The van der Waals surface area contributed by atoms with Crippen LogP contribution in [-0.2, 0) is 13.1 Å². The van der Waals surface area contributed by atoms with Gasteiger partial charge in [-0.25, -0.2) is 4.98 Å². The highest BCUT2D eigenvalue weighted by atomic mass is 16.5. The van der Waals surface area contributed by atoms with Gasteiger partial charge in [-0.15, -0.1) is 0 Å². The molecule has 1 fully saturated rings. The number of hydrogen-bond acceptors (Lipinski definition) is 5. The molecule has 1 aliphatic heterocycles. The number of amides is 1. The van der Waals surface area contributed by atoms with Gasteiger partial charge in [-0.1, -0.05) is 13.0 Å². The van der Waals surface area contributed by atoms with Crippen LogP contribution in [0.2, 0.25) is 0 Å². The van der Waals surface area contributed by atoms with Gasteiger partial charge >= 0.3 is 0 Å². The van der Waals surface area contributed by atoms with Crippen molar-refractivity contribution >= 4 is 5.91 Å². The average molecular weight is 357 g/mol. The van der Waals surface area contributed by atoms with E-state index in [-0.39, 0.29) is 11.9 Å². The second kappa shape index (κ2) is 8.80. The number of hydrogen-bond donors (Lipinski definition) is 1. The molecule has 26 heavy (non-hydrogen) atoms. The number of rotatable bonds is 8. The third-order valence-corrected chi connectivity index (χ3v) is 4.51. The van der Waals surface area contributed by atoms with Gasteiger partial charge in [0.2, 0.25) is 5.88 Å². The number of likely N-dealkylation sites (tertiary alicyclic amines) is 1. The molecule has 140 valence electrons.